The highest BCUT2D eigenvalue weighted by Gasteiger charge is 2.12. The minimum Gasteiger partial charge on any atom is -0.504 e. The molecule has 3 N–H and O–H groups in total. The Morgan fingerprint density at radius 3 is 2.65 bits per heavy atom. The van der Waals surface area contributed by atoms with Crippen LogP contribution in [0.1, 0.15) is 19.4 Å². The van der Waals surface area contributed by atoms with Crippen molar-refractivity contribution in [2.75, 3.05) is 19.0 Å². The van der Waals surface area contributed by atoms with Gasteiger partial charge in [-0.25, -0.2) is 5.43 Å². The van der Waals surface area contributed by atoms with Crippen molar-refractivity contribution in [2.45, 2.75) is 19.9 Å². The molecule has 2 aromatic rings. The average Bonchev–Trinajstić information content (AvgIpc) is 2.64. The third kappa shape index (κ3) is 5.14. The minimum atomic E-state index is -0.496. The van der Waals surface area contributed by atoms with Gasteiger partial charge in [-0.05, 0) is 50.2 Å². The summed E-state index contributed by atoms with van der Waals surface area (Å²) in [6, 6.07) is 11.9. The molecule has 7 heteroatoms. The van der Waals surface area contributed by atoms with Gasteiger partial charge in [0.15, 0.2) is 11.5 Å². The smallest absolute Gasteiger partial charge is 0.262 e. The van der Waals surface area contributed by atoms with E-state index in [9.17, 15) is 9.90 Å². The average molecular weight is 357 g/mol. The van der Waals surface area contributed by atoms with E-state index < -0.39 is 6.04 Å². The first-order chi connectivity index (χ1) is 12.5. The Balaban J connectivity index is 1.90. The zero-order chi connectivity index (χ0) is 18.9. The first-order valence-corrected chi connectivity index (χ1v) is 8.23. The molecular weight excluding hydrogens is 334 g/mol. The van der Waals surface area contributed by atoms with Gasteiger partial charge in [0.1, 0.15) is 11.8 Å². The number of methoxy groups -OCH3 is 1. The summed E-state index contributed by atoms with van der Waals surface area (Å²) in [6.45, 7) is 4.25. The number of hydrogen-bond acceptors (Lipinski definition) is 6. The number of hydrazone groups is 1. The molecule has 0 aliphatic heterocycles. The standard InChI is InChI=1S/C19H23N3O4/c1-4-26-16-10-8-15(9-11-16)21-13(2)19(24)22-20-12-14-6-5-7-17(25-3)18(14)23/h5-13,21,23H,4H2,1-3H3,(H,22,24)/b20-12+/t13-/m0/s1. The topological polar surface area (TPSA) is 92.2 Å². The van der Waals surface area contributed by atoms with Gasteiger partial charge in [-0.3, -0.25) is 4.79 Å². The number of amides is 1. The SMILES string of the molecule is CCOc1ccc(N[C@@H](C)C(=O)N/N=C/c2cccc(OC)c2O)cc1. The summed E-state index contributed by atoms with van der Waals surface area (Å²) in [4.78, 5) is 12.1. The second-order valence-corrected chi connectivity index (χ2v) is 5.46. The van der Waals surface area contributed by atoms with Gasteiger partial charge in [-0.2, -0.15) is 5.10 Å². The number of anilines is 1. The van der Waals surface area contributed by atoms with Gasteiger partial charge in [0.05, 0.1) is 19.9 Å². The molecule has 26 heavy (non-hydrogen) atoms. The van der Waals surface area contributed by atoms with Crippen LogP contribution in [-0.4, -0.2) is 37.0 Å². The van der Waals surface area contributed by atoms with Crippen molar-refractivity contribution in [2.24, 2.45) is 5.10 Å². The van der Waals surface area contributed by atoms with Crippen molar-refractivity contribution in [3.63, 3.8) is 0 Å². The lowest BCUT2D eigenvalue weighted by Crippen LogP contribution is -2.34. The van der Waals surface area contributed by atoms with E-state index in [2.05, 4.69) is 15.8 Å². The van der Waals surface area contributed by atoms with Gasteiger partial charge in [0.2, 0.25) is 0 Å². The number of ether oxygens (including phenoxy) is 2. The Hall–Kier alpha value is -3.22. The third-order valence-electron chi connectivity index (χ3n) is 3.57. The number of benzene rings is 2. The van der Waals surface area contributed by atoms with Gasteiger partial charge in [0, 0.05) is 11.3 Å². The summed E-state index contributed by atoms with van der Waals surface area (Å²) < 4.78 is 10.4. The molecule has 1 atom stereocenters. The number of rotatable bonds is 8. The van der Waals surface area contributed by atoms with Gasteiger partial charge < -0.3 is 19.9 Å². The molecule has 0 aromatic heterocycles. The molecule has 0 saturated heterocycles. The van der Waals surface area contributed by atoms with E-state index in [0.29, 0.717) is 17.9 Å². The van der Waals surface area contributed by atoms with E-state index in [0.717, 1.165) is 11.4 Å². The maximum absolute atomic E-state index is 12.1. The van der Waals surface area contributed by atoms with Crippen LogP contribution in [0.3, 0.4) is 0 Å². The number of para-hydroxylation sites is 1. The molecule has 0 fully saturated rings. The Kier molecular flexibility index (Phi) is 6.84. The summed E-state index contributed by atoms with van der Waals surface area (Å²) in [7, 11) is 1.46. The summed E-state index contributed by atoms with van der Waals surface area (Å²) in [6.07, 6.45) is 1.36. The summed E-state index contributed by atoms with van der Waals surface area (Å²) in [5.41, 5.74) is 3.68. The zero-order valence-electron chi connectivity index (χ0n) is 15.0. The Bertz CT molecular complexity index is 760. The Labute approximate surface area is 152 Å². The quantitative estimate of drug-likeness (QED) is 0.499. The maximum atomic E-state index is 12.1. The molecule has 0 heterocycles. The van der Waals surface area contributed by atoms with Crippen LogP contribution in [0.2, 0.25) is 0 Å². The molecule has 0 unspecified atom stereocenters. The number of phenolic OH excluding ortho intramolecular Hbond substituents is 1. The fourth-order valence-electron chi connectivity index (χ4n) is 2.20. The van der Waals surface area contributed by atoms with Crippen molar-refractivity contribution in [1.82, 2.24) is 5.43 Å². The molecule has 0 radical (unpaired) electrons. The molecule has 0 saturated carbocycles. The Morgan fingerprint density at radius 1 is 1.27 bits per heavy atom. The largest absolute Gasteiger partial charge is 0.504 e. The van der Waals surface area contributed by atoms with Gasteiger partial charge in [-0.15, -0.1) is 0 Å². The van der Waals surface area contributed by atoms with Crippen LogP contribution >= 0.6 is 0 Å². The van der Waals surface area contributed by atoms with Crippen LogP contribution in [0.5, 0.6) is 17.2 Å². The van der Waals surface area contributed by atoms with Crippen LogP contribution in [0.4, 0.5) is 5.69 Å². The monoisotopic (exact) mass is 357 g/mol. The van der Waals surface area contributed by atoms with E-state index in [1.54, 1.807) is 25.1 Å². The van der Waals surface area contributed by atoms with E-state index >= 15 is 0 Å². The molecule has 2 rings (SSSR count). The number of nitrogens with zero attached hydrogens (tertiary/aromatic N) is 1. The number of carbonyl (C=O) groups excluding carboxylic acids is 1. The summed E-state index contributed by atoms with van der Waals surface area (Å²) >= 11 is 0. The van der Waals surface area contributed by atoms with E-state index in [4.69, 9.17) is 9.47 Å². The first-order valence-electron chi connectivity index (χ1n) is 8.23. The minimum absolute atomic E-state index is 0.0337. The van der Waals surface area contributed by atoms with Crippen molar-refractivity contribution in [3.8, 4) is 17.2 Å². The number of hydrogen-bond donors (Lipinski definition) is 3. The molecule has 138 valence electrons. The number of phenols is 1. The molecule has 1 amide bonds. The maximum Gasteiger partial charge on any atom is 0.262 e. The molecule has 0 aliphatic rings. The number of carbonyl (C=O) groups is 1. The van der Waals surface area contributed by atoms with Crippen LogP contribution in [0.25, 0.3) is 0 Å². The van der Waals surface area contributed by atoms with Gasteiger partial charge in [0.25, 0.3) is 5.91 Å². The van der Waals surface area contributed by atoms with E-state index in [-0.39, 0.29) is 11.7 Å². The fraction of sp³-hybridized carbons (Fsp3) is 0.263. The van der Waals surface area contributed by atoms with Gasteiger partial charge in [-0.1, -0.05) is 6.07 Å². The molecule has 7 nitrogen and oxygen atoms in total. The second-order valence-electron chi connectivity index (χ2n) is 5.46. The van der Waals surface area contributed by atoms with E-state index in [1.807, 2.05) is 31.2 Å². The molecule has 2 aromatic carbocycles. The van der Waals surface area contributed by atoms with E-state index in [1.165, 1.54) is 13.3 Å². The van der Waals surface area contributed by atoms with Crippen molar-refractivity contribution >= 4 is 17.8 Å². The highest BCUT2D eigenvalue weighted by molar-refractivity contribution is 5.88. The lowest BCUT2D eigenvalue weighted by atomic mass is 10.2. The summed E-state index contributed by atoms with van der Waals surface area (Å²) in [5.74, 6) is 0.773. The number of aromatic hydroxyl groups is 1. The first kappa shape index (κ1) is 19.1. The number of nitrogens with one attached hydrogen (secondary N) is 2. The predicted octanol–water partition coefficient (Wildman–Crippen LogP) is 2.75. The lowest BCUT2D eigenvalue weighted by Gasteiger charge is -2.14. The second kappa shape index (κ2) is 9.31. The Morgan fingerprint density at radius 2 is 2.00 bits per heavy atom. The van der Waals surface area contributed by atoms with Gasteiger partial charge >= 0.3 is 0 Å². The molecule has 0 bridgehead atoms. The predicted molar refractivity (Wildman–Crippen MR) is 101 cm³/mol. The molecule has 0 aliphatic carbocycles. The van der Waals surface area contributed by atoms with Crippen LogP contribution < -0.4 is 20.2 Å². The van der Waals surface area contributed by atoms with Crippen LogP contribution in [0, 0.1) is 0 Å². The zero-order valence-corrected chi connectivity index (χ0v) is 15.0. The van der Waals surface area contributed by atoms with Crippen LogP contribution in [0.15, 0.2) is 47.6 Å². The highest BCUT2D eigenvalue weighted by atomic mass is 16.5. The summed E-state index contributed by atoms with van der Waals surface area (Å²) in [5, 5.41) is 16.9. The van der Waals surface area contributed by atoms with Crippen molar-refractivity contribution in [3.05, 3.63) is 48.0 Å². The van der Waals surface area contributed by atoms with Crippen molar-refractivity contribution < 1.29 is 19.4 Å². The fourth-order valence-corrected chi connectivity index (χ4v) is 2.20. The third-order valence-corrected chi connectivity index (χ3v) is 3.57. The van der Waals surface area contributed by atoms with Crippen LogP contribution in [-0.2, 0) is 4.79 Å². The molecular formula is C19H23N3O4. The van der Waals surface area contributed by atoms with Crippen molar-refractivity contribution in [1.29, 1.82) is 0 Å². The lowest BCUT2D eigenvalue weighted by molar-refractivity contribution is -0.121. The highest BCUT2D eigenvalue weighted by Crippen LogP contribution is 2.27. The normalized spacial score (nSPS) is 11.8. The molecule has 0 spiro atoms.